The molecule has 7 heteroatoms. The smallest absolute Gasteiger partial charge is 0.339 e. The van der Waals surface area contributed by atoms with Crippen molar-refractivity contribution in [2.45, 2.75) is 20.8 Å². The number of carbonyl (C=O) groups is 2. The predicted octanol–water partition coefficient (Wildman–Crippen LogP) is 4.61. The van der Waals surface area contributed by atoms with E-state index < -0.39 is 18.5 Å². The van der Waals surface area contributed by atoms with Gasteiger partial charge in [-0.3, -0.25) is 4.79 Å². The lowest BCUT2D eigenvalue weighted by molar-refractivity contribution is -0.119. The number of ether oxygens (including phenoxy) is 1. The van der Waals surface area contributed by atoms with Gasteiger partial charge in [-0.05, 0) is 32.4 Å². The topological polar surface area (TPSA) is 94.3 Å². The van der Waals surface area contributed by atoms with Gasteiger partial charge in [0, 0.05) is 17.0 Å². The third-order valence-corrected chi connectivity index (χ3v) is 4.89. The van der Waals surface area contributed by atoms with E-state index in [0.29, 0.717) is 33.5 Å². The normalized spacial score (nSPS) is 10.8. The van der Waals surface area contributed by atoms with Crippen LogP contribution in [0, 0.1) is 20.8 Å². The molecule has 0 fully saturated rings. The highest BCUT2D eigenvalue weighted by molar-refractivity contribution is 6.07. The first-order valence-electron chi connectivity index (χ1n) is 9.79. The molecule has 0 spiro atoms. The Kier molecular flexibility index (Phi) is 5.49. The molecule has 2 aromatic carbocycles. The Bertz CT molecular complexity index is 1280. The van der Waals surface area contributed by atoms with E-state index in [1.807, 2.05) is 62.4 Å². The van der Waals surface area contributed by atoms with Crippen molar-refractivity contribution in [1.82, 2.24) is 10.1 Å². The van der Waals surface area contributed by atoms with Crippen molar-refractivity contribution in [2.24, 2.45) is 0 Å². The molecule has 2 heterocycles. The Hall–Kier alpha value is -4.00. The van der Waals surface area contributed by atoms with Crippen molar-refractivity contribution in [1.29, 1.82) is 0 Å². The van der Waals surface area contributed by atoms with Crippen LogP contribution in [0.3, 0.4) is 0 Å². The SMILES string of the molecule is Cc1ccc(-c2nc3ccccc3c(C(=O)OCC(=O)Nc3cc(C)on3)c2C)cc1. The maximum absolute atomic E-state index is 13.0. The predicted molar refractivity (Wildman–Crippen MR) is 117 cm³/mol. The number of aromatic nitrogens is 2. The van der Waals surface area contributed by atoms with Crippen LogP contribution in [0.4, 0.5) is 5.82 Å². The number of anilines is 1. The van der Waals surface area contributed by atoms with Crippen LogP contribution < -0.4 is 5.32 Å². The van der Waals surface area contributed by atoms with Crippen molar-refractivity contribution in [3.63, 3.8) is 0 Å². The van der Waals surface area contributed by atoms with Gasteiger partial charge in [0.2, 0.25) is 0 Å². The summed E-state index contributed by atoms with van der Waals surface area (Å²) in [6.45, 7) is 5.12. The summed E-state index contributed by atoms with van der Waals surface area (Å²) in [7, 11) is 0. The summed E-state index contributed by atoms with van der Waals surface area (Å²) in [6, 6.07) is 16.9. The van der Waals surface area contributed by atoms with E-state index in [4.69, 9.17) is 14.2 Å². The summed E-state index contributed by atoms with van der Waals surface area (Å²) in [4.78, 5) is 29.9. The Balaban J connectivity index is 1.63. The van der Waals surface area contributed by atoms with Gasteiger partial charge < -0.3 is 14.6 Å². The fraction of sp³-hybridized carbons (Fsp3) is 0.167. The van der Waals surface area contributed by atoms with Crippen molar-refractivity contribution in [3.8, 4) is 11.3 Å². The first-order chi connectivity index (χ1) is 14.9. The molecule has 4 aromatic rings. The Morgan fingerprint density at radius 3 is 2.48 bits per heavy atom. The standard InChI is InChI=1S/C24H21N3O4/c1-14-8-10-17(11-9-14)23-16(3)22(18-6-4-5-7-19(18)25-23)24(29)30-13-21(28)26-20-12-15(2)31-27-20/h4-12H,13H2,1-3H3,(H,26,27,28). The van der Waals surface area contributed by atoms with Crippen LogP contribution >= 0.6 is 0 Å². The highest BCUT2D eigenvalue weighted by atomic mass is 16.5. The second-order valence-electron chi connectivity index (χ2n) is 7.29. The van der Waals surface area contributed by atoms with E-state index in [1.54, 1.807) is 13.0 Å². The van der Waals surface area contributed by atoms with Gasteiger partial charge in [-0.2, -0.15) is 0 Å². The molecule has 0 saturated carbocycles. The third-order valence-electron chi connectivity index (χ3n) is 4.89. The van der Waals surface area contributed by atoms with Gasteiger partial charge in [0.05, 0.1) is 16.8 Å². The third kappa shape index (κ3) is 4.30. The first kappa shape index (κ1) is 20.3. The number of esters is 1. The molecule has 0 aliphatic heterocycles. The molecule has 0 saturated heterocycles. The molecule has 4 rings (SSSR count). The molecule has 156 valence electrons. The van der Waals surface area contributed by atoms with Crippen molar-refractivity contribution in [2.75, 3.05) is 11.9 Å². The molecular formula is C24H21N3O4. The van der Waals surface area contributed by atoms with Gasteiger partial charge in [-0.1, -0.05) is 53.2 Å². The molecule has 2 aromatic heterocycles. The number of hydrogen-bond acceptors (Lipinski definition) is 6. The Morgan fingerprint density at radius 1 is 1.03 bits per heavy atom. The summed E-state index contributed by atoms with van der Waals surface area (Å²) < 4.78 is 10.2. The zero-order chi connectivity index (χ0) is 22.0. The fourth-order valence-corrected chi connectivity index (χ4v) is 3.37. The molecule has 0 atom stereocenters. The highest BCUT2D eigenvalue weighted by Crippen LogP contribution is 2.30. The van der Waals surface area contributed by atoms with Crippen molar-refractivity contribution in [3.05, 3.63) is 77.0 Å². The van der Waals surface area contributed by atoms with Gasteiger partial charge in [-0.15, -0.1) is 0 Å². The number of amides is 1. The molecule has 0 bridgehead atoms. The Labute approximate surface area is 179 Å². The minimum atomic E-state index is -0.587. The molecule has 1 N–H and O–H groups in total. The molecule has 0 unspecified atom stereocenters. The fourth-order valence-electron chi connectivity index (χ4n) is 3.37. The minimum Gasteiger partial charge on any atom is -0.452 e. The molecule has 0 aliphatic carbocycles. The van der Waals surface area contributed by atoms with Gasteiger partial charge in [-0.25, -0.2) is 9.78 Å². The molecule has 7 nitrogen and oxygen atoms in total. The second kappa shape index (κ2) is 8.39. The van der Waals surface area contributed by atoms with Gasteiger partial charge >= 0.3 is 5.97 Å². The van der Waals surface area contributed by atoms with Crippen LogP contribution in [-0.2, 0) is 9.53 Å². The number of nitrogens with zero attached hydrogens (tertiary/aromatic N) is 2. The Morgan fingerprint density at radius 2 is 1.77 bits per heavy atom. The van der Waals surface area contributed by atoms with E-state index in [1.165, 1.54) is 0 Å². The van der Waals surface area contributed by atoms with Crippen LogP contribution in [0.25, 0.3) is 22.2 Å². The van der Waals surface area contributed by atoms with Crippen LogP contribution in [-0.4, -0.2) is 28.6 Å². The number of para-hydroxylation sites is 1. The van der Waals surface area contributed by atoms with Crippen LogP contribution in [0.1, 0.15) is 27.2 Å². The number of rotatable bonds is 5. The first-order valence-corrected chi connectivity index (χ1v) is 9.79. The van der Waals surface area contributed by atoms with Crippen molar-refractivity contribution >= 4 is 28.6 Å². The molecular weight excluding hydrogens is 394 g/mol. The number of aryl methyl sites for hydroxylation is 2. The zero-order valence-electron chi connectivity index (χ0n) is 17.4. The largest absolute Gasteiger partial charge is 0.452 e. The second-order valence-corrected chi connectivity index (χ2v) is 7.29. The lowest BCUT2D eigenvalue weighted by Gasteiger charge is -2.14. The number of nitrogens with one attached hydrogen (secondary N) is 1. The summed E-state index contributed by atoms with van der Waals surface area (Å²) in [5.74, 6) is -0.257. The molecule has 1 amide bonds. The highest BCUT2D eigenvalue weighted by Gasteiger charge is 2.21. The average Bonchev–Trinajstić information content (AvgIpc) is 3.16. The monoisotopic (exact) mass is 415 g/mol. The lowest BCUT2D eigenvalue weighted by Crippen LogP contribution is -2.21. The van der Waals surface area contributed by atoms with E-state index in [9.17, 15) is 9.59 Å². The molecule has 0 radical (unpaired) electrons. The summed E-state index contributed by atoms with van der Waals surface area (Å²) in [6.07, 6.45) is 0. The van der Waals surface area contributed by atoms with Crippen LogP contribution in [0.5, 0.6) is 0 Å². The van der Waals surface area contributed by atoms with E-state index >= 15 is 0 Å². The number of fused-ring (bicyclic) bond motifs is 1. The van der Waals surface area contributed by atoms with Gasteiger partial charge in [0.15, 0.2) is 12.4 Å². The van der Waals surface area contributed by atoms with E-state index in [2.05, 4.69) is 10.5 Å². The van der Waals surface area contributed by atoms with Crippen LogP contribution in [0.15, 0.2) is 59.1 Å². The number of carbonyl (C=O) groups excluding carboxylic acids is 2. The lowest BCUT2D eigenvalue weighted by atomic mass is 9.97. The van der Waals surface area contributed by atoms with Crippen molar-refractivity contribution < 1.29 is 18.8 Å². The van der Waals surface area contributed by atoms with E-state index in [-0.39, 0.29) is 5.82 Å². The van der Waals surface area contributed by atoms with E-state index in [0.717, 1.165) is 11.1 Å². The number of pyridine rings is 1. The summed E-state index contributed by atoms with van der Waals surface area (Å²) >= 11 is 0. The van der Waals surface area contributed by atoms with Gasteiger partial charge in [0.25, 0.3) is 5.91 Å². The number of benzene rings is 2. The van der Waals surface area contributed by atoms with Gasteiger partial charge in [0.1, 0.15) is 5.76 Å². The quantitative estimate of drug-likeness (QED) is 0.478. The molecule has 0 aliphatic rings. The number of hydrogen-bond donors (Lipinski definition) is 1. The average molecular weight is 415 g/mol. The molecule has 31 heavy (non-hydrogen) atoms. The summed E-state index contributed by atoms with van der Waals surface area (Å²) in [5.41, 5.74) is 4.51. The minimum absolute atomic E-state index is 0.269. The summed E-state index contributed by atoms with van der Waals surface area (Å²) in [5, 5.41) is 6.90. The van der Waals surface area contributed by atoms with Crippen LogP contribution in [0.2, 0.25) is 0 Å². The maximum Gasteiger partial charge on any atom is 0.339 e. The maximum atomic E-state index is 13.0. The zero-order valence-corrected chi connectivity index (χ0v) is 17.4.